The monoisotopic (exact) mass is 471 g/mol. The van der Waals surface area contributed by atoms with E-state index in [4.69, 9.17) is 9.15 Å². The summed E-state index contributed by atoms with van der Waals surface area (Å²) in [6.07, 6.45) is 1.31. The number of amides is 2. The van der Waals surface area contributed by atoms with Gasteiger partial charge in [0.15, 0.2) is 12.0 Å². The largest absolute Gasteiger partial charge is 0.484 e. The van der Waals surface area contributed by atoms with Crippen LogP contribution in [0.25, 0.3) is 11.0 Å². The van der Waals surface area contributed by atoms with Crippen LogP contribution >= 0.6 is 0 Å². The molecule has 8 nitrogen and oxygen atoms in total. The summed E-state index contributed by atoms with van der Waals surface area (Å²) in [6, 6.07) is 18.7. The van der Waals surface area contributed by atoms with Crippen LogP contribution in [0, 0.1) is 6.92 Å². The number of aryl methyl sites for hydroxylation is 1. The zero-order chi connectivity index (χ0) is 24.9. The van der Waals surface area contributed by atoms with Crippen LogP contribution in [0.2, 0.25) is 0 Å². The lowest BCUT2D eigenvalue weighted by atomic mass is 10.1. The lowest BCUT2D eigenvalue weighted by molar-refractivity contribution is -0.118. The maximum atomic E-state index is 12.7. The highest BCUT2D eigenvalue weighted by Crippen LogP contribution is 2.21. The van der Waals surface area contributed by atoms with Crippen molar-refractivity contribution < 1.29 is 18.7 Å². The summed E-state index contributed by atoms with van der Waals surface area (Å²) in [5.74, 6) is -0.217. The van der Waals surface area contributed by atoms with Crippen molar-refractivity contribution in [3.05, 3.63) is 94.3 Å². The first-order valence-corrected chi connectivity index (χ1v) is 10.9. The molecular formula is C27H25N3O5. The van der Waals surface area contributed by atoms with Gasteiger partial charge < -0.3 is 24.7 Å². The third-order valence-corrected chi connectivity index (χ3v) is 5.27. The van der Waals surface area contributed by atoms with Gasteiger partial charge in [0, 0.05) is 48.9 Å². The van der Waals surface area contributed by atoms with Gasteiger partial charge in [0.25, 0.3) is 11.8 Å². The van der Waals surface area contributed by atoms with E-state index >= 15 is 0 Å². The number of carbonyl (C=O) groups excluding carboxylic acids is 2. The van der Waals surface area contributed by atoms with Crippen LogP contribution in [0.3, 0.4) is 0 Å². The molecule has 4 aromatic rings. The predicted molar refractivity (Wildman–Crippen MR) is 137 cm³/mol. The van der Waals surface area contributed by atoms with Crippen LogP contribution in [0.15, 0.2) is 82.2 Å². The number of hydrogen-bond donors (Lipinski definition) is 2. The standard InChI is InChI=1S/C27H25N3O5/c1-17-12-19(14-20(13-17)29-27(33)18-4-6-21(7-5-18)30(2)3)28-26(32)16-35-22-8-9-23-24(31)10-11-34-25(23)15-22/h4-15H,16H2,1-3H3,(H,28,32)(H,29,33). The van der Waals surface area contributed by atoms with Crippen LogP contribution in [0.5, 0.6) is 5.75 Å². The molecule has 178 valence electrons. The van der Waals surface area contributed by atoms with E-state index < -0.39 is 0 Å². The molecule has 2 amide bonds. The smallest absolute Gasteiger partial charge is 0.262 e. The molecule has 1 aromatic heterocycles. The van der Waals surface area contributed by atoms with E-state index in [1.165, 1.54) is 12.3 Å². The van der Waals surface area contributed by atoms with E-state index in [9.17, 15) is 14.4 Å². The Labute approximate surface area is 202 Å². The average Bonchev–Trinajstić information content (AvgIpc) is 2.82. The first-order valence-electron chi connectivity index (χ1n) is 10.9. The number of rotatable bonds is 7. The van der Waals surface area contributed by atoms with Crippen molar-refractivity contribution in [3.63, 3.8) is 0 Å². The molecule has 35 heavy (non-hydrogen) atoms. The second kappa shape index (κ2) is 10.1. The second-order valence-corrected chi connectivity index (χ2v) is 8.26. The predicted octanol–water partition coefficient (Wildman–Crippen LogP) is 4.44. The minimum Gasteiger partial charge on any atom is -0.484 e. The number of fused-ring (bicyclic) bond motifs is 1. The molecule has 0 aliphatic heterocycles. The van der Waals surface area contributed by atoms with Gasteiger partial charge in [0.1, 0.15) is 11.3 Å². The van der Waals surface area contributed by atoms with E-state index in [1.54, 1.807) is 42.5 Å². The number of carbonyl (C=O) groups is 2. The summed E-state index contributed by atoms with van der Waals surface area (Å²) in [6.45, 7) is 1.63. The van der Waals surface area contributed by atoms with E-state index in [0.717, 1.165) is 11.3 Å². The van der Waals surface area contributed by atoms with Crippen LogP contribution in [-0.4, -0.2) is 32.5 Å². The fourth-order valence-corrected chi connectivity index (χ4v) is 3.54. The molecule has 0 radical (unpaired) electrons. The second-order valence-electron chi connectivity index (χ2n) is 8.26. The Bertz CT molecular complexity index is 1440. The molecule has 0 aliphatic rings. The minimum absolute atomic E-state index is 0.150. The molecule has 0 saturated heterocycles. The highest BCUT2D eigenvalue weighted by molar-refractivity contribution is 6.05. The molecule has 3 aromatic carbocycles. The molecule has 0 unspecified atom stereocenters. The van der Waals surface area contributed by atoms with Crippen molar-refractivity contribution in [2.45, 2.75) is 6.92 Å². The molecule has 0 aliphatic carbocycles. The van der Waals surface area contributed by atoms with Gasteiger partial charge in [0.2, 0.25) is 0 Å². The van der Waals surface area contributed by atoms with Crippen molar-refractivity contribution in [2.75, 3.05) is 36.2 Å². The lowest BCUT2D eigenvalue weighted by Crippen LogP contribution is -2.20. The first-order chi connectivity index (χ1) is 16.8. The first kappa shape index (κ1) is 23.6. The molecule has 8 heteroatoms. The molecule has 0 bridgehead atoms. The zero-order valence-corrected chi connectivity index (χ0v) is 19.6. The molecule has 0 fully saturated rings. The van der Waals surface area contributed by atoms with Crippen molar-refractivity contribution in [3.8, 4) is 5.75 Å². The highest BCUT2D eigenvalue weighted by atomic mass is 16.5. The third-order valence-electron chi connectivity index (χ3n) is 5.27. The number of nitrogens with one attached hydrogen (secondary N) is 2. The SMILES string of the molecule is Cc1cc(NC(=O)COc2ccc3c(=O)ccoc3c2)cc(NC(=O)c2ccc(N(C)C)cc2)c1. The van der Waals surface area contributed by atoms with Gasteiger partial charge in [0.05, 0.1) is 11.6 Å². The maximum absolute atomic E-state index is 12.7. The Balaban J connectivity index is 1.38. The van der Waals surface area contributed by atoms with E-state index in [-0.39, 0.29) is 23.9 Å². The Kier molecular flexibility index (Phi) is 6.82. The average molecular weight is 472 g/mol. The molecule has 2 N–H and O–H groups in total. The molecule has 4 rings (SSSR count). The summed E-state index contributed by atoms with van der Waals surface area (Å²) < 4.78 is 10.9. The number of ether oxygens (including phenoxy) is 1. The minimum atomic E-state index is -0.373. The molecule has 0 spiro atoms. The quantitative estimate of drug-likeness (QED) is 0.413. The summed E-state index contributed by atoms with van der Waals surface area (Å²) in [5, 5.41) is 6.09. The number of nitrogens with zero attached hydrogens (tertiary/aromatic N) is 1. The molecule has 1 heterocycles. The topological polar surface area (TPSA) is 101 Å². The van der Waals surface area contributed by atoms with Crippen LogP contribution < -0.4 is 25.7 Å². The van der Waals surface area contributed by atoms with Crippen molar-refractivity contribution in [2.24, 2.45) is 0 Å². The number of anilines is 3. The van der Waals surface area contributed by atoms with Crippen molar-refractivity contribution in [1.82, 2.24) is 0 Å². The third kappa shape index (κ3) is 5.86. The van der Waals surface area contributed by atoms with Crippen molar-refractivity contribution >= 4 is 39.8 Å². The Morgan fingerprint density at radius 1 is 0.914 bits per heavy atom. The Morgan fingerprint density at radius 3 is 2.34 bits per heavy atom. The van der Waals surface area contributed by atoms with Gasteiger partial charge in [-0.05, 0) is 67.1 Å². The fourth-order valence-electron chi connectivity index (χ4n) is 3.54. The fraction of sp³-hybridized carbons (Fsp3) is 0.148. The molecule has 0 atom stereocenters. The highest BCUT2D eigenvalue weighted by Gasteiger charge is 2.10. The summed E-state index contributed by atoms with van der Waals surface area (Å²) in [5.41, 5.74) is 3.72. The van der Waals surface area contributed by atoms with Gasteiger partial charge in [-0.3, -0.25) is 14.4 Å². The van der Waals surface area contributed by atoms with Gasteiger partial charge in [-0.15, -0.1) is 0 Å². The summed E-state index contributed by atoms with van der Waals surface area (Å²) in [7, 11) is 3.87. The van der Waals surface area contributed by atoms with Gasteiger partial charge in [-0.1, -0.05) is 0 Å². The summed E-state index contributed by atoms with van der Waals surface area (Å²) >= 11 is 0. The Hall–Kier alpha value is -4.59. The van der Waals surface area contributed by atoms with E-state index in [1.807, 2.05) is 44.1 Å². The van der Waals surface area contributed by atoms with Crippen LogP contribution in [0.1, 0.15) is 15.9 Å². The number of hydrogen-bond acceptors (Lipinski definition) is 6. The van der Waals surface area contributed by atoms with Crippen LogP contribution in [-0.2, 0) is 4.79 Å². The van der Waals surface area contributed by atoms with Crippen molar-refractivity contribution in [1.29, 1.82) is 0 Å². The van der Waals surface area contributed by atoms with Gasteiger partial charge in [-0.25, -0.2) is 0 Å². The zero-order valence-electron chi connectivity index (χ0n) is 19.6. The van der Waals surface area contributed by atoms with E-state index in [2.05, 4.69) is 10.6 Å². The summed E-state index contributed by atoms with van der Waals surface area (Å²) in [4.78, 5) is 38.9. The Morgan fingerprint density at radius 2 is 1.63 bits per heavy atom. The normalized spacial score (nSPS) is 10.6. The number of benzene rings is 3. The van der Waals surface area contributed by atoms with Crippen LogP contribution in [0.4, 0.5) is 17.1 Å². The van der Waals surface area contributed by atoms with E-state index in [0.29, 0.717) is 33.7 Å². The molecular weight excluding hydrogens is 446 g/mol. The van der Waals surface area contributed by atoms with Gasteiger partial charge in [-0.2, -0.15) is 0 Å². The molecule has 0 saturated carbocycles. The van der Waals surface area contributed by atoms with Gasteiger partial charge >= 0.3 is 0 Å². The lowest BCUT2D eigenvalue weighted by Gasteiger charge is -2.13. The maximum Gasteiger partial charge on any atom is 0.262 e.